The van der Waals surface area contributed by atoms with Gasteiger partial charge in [0.2, 0.25) is 5.95 Å². The Hall–Kier alpha value is -4.40. The van der Waals surface area contributed by atoms with E-state index in [0.29, 0.717) is 33.4 Å². The van der Waals surface area contributed by atoms with Gasteiger partial charge in [-0.25, -0.2) is 19.6 Å². The van der Waals surface area contributed by atoms with Gasteiger partial charge in [-0.3, -0.25) is 9.59 Å². The normalized spacial score (nSPS) is 12.4. The largest absolute Gasteiger partial charge is 0.443 e. The van der Waals surface area contributed by atoms with E-state index in [1.54, 1.807) is 84.0 Å². The highest BCUT2D eigenvalue weighted by Crippen LogP contribution is 2.41. The zero-order chi connectivity index (χ0) is 27.1. The fourth-order valence-electron chi connectivity index (χ4n) is 3.78. The summed E-state index contributed by atoms with van der Waals surface area (Å²) in [6, 6.07) is 13.5. The van der Waals surface area contributed by atoms with Gasteiger partial charge in [0.25, 0.3) is 0 Å². The Balaban J connectivity index is 1.99. The van der Waals surface area contributed by atoms with E-state index < -0.39 is 23.4 Å². The molecule has 0 bridgehead atoms. The second-order valence-electron chi connectivity index (χ2n) is 10.5. The molecule has 190 valence electrons. The Morgan fingerprint density at radius 3 is 1.92 bits per heavy atom. The topological polar surface area (TPSA) is 116 Å². The zero-order valence-corrected chi connectivity index (χ0v) is 21.5. The van der Waals surface area contributed by atoms with Crippen LogP contribution in [0.1, 0.15) is 67.8 Å². The van der Waals surface area contributed by atoms with Gasteiger partial charge in [-0.05, 0) is 53.7 Å². The molecule has 2 amide bonds. The SMILES string of the molecule is CC(C)(C)OC(=O)N(C(=O)OC(C)(C)C)c1nc(-c2ccccc2)c2c(n1)-c1cc(C=O)ccc1C2=O. The first-order valence-corrected chi connectivity index (χ1v) is 11.7. The Labute approximate surface area is 214 Å². The number of rotatable bonds is 3. The predicted molar refractivity (Wildman–Crippen MR) is 137 cm³/mol. The molecule has 1 heterocycles. The third-order valence-electron chi connectivity index (χ3n) is 5.20. The number of ketones is 1. The monoisotopic (exact) mass is 501 g/mol. The maximum atomic E-state index is 13.4. The van der Waals surface area contributed by atoms with Crippen molar-refractivity contribution in [3.05, 3.63) is 65.2 Å². The van der Waals surface area contributed by atoms with E-state index in [0.717, 1.165) is 0 Å². The summed E-state index contributed by atoms with van der Waals surface area (Å²) < 4.78 is 10.9. The summed E-state index contributed by atoms with van der Waals surface area (Å²) >= 11 is 0. The third-order valence-corrected chi connectivity index (χ3v) is 5.20. The molecule has 0 N–H and O–H groups in total. The predicted octanol–water partition coefficient (Wildman–Crippen LogP) is 5.84. The zero-order valence-electron chi connectivity index (χ0n) is 21.5. The first kappa shape index (κ1) is 25.7. The minimum absolute atomic E-state index is 0.199. The van der Waals surface area contributed by atoms with Crippen LogP contribution in [0, 0.1) is 0 Å². The number of amides is 2. The van der Waals surface area contributed by atoms with Gasteiger partial charge in [0, 0.05) is 22.3 Å². The lowest BCUT2D eigenvalue weighted by Gasteiger charge is -2.28. The van der Waals surface area contributed by atoms with Crippen LogP contribution in [-0.4, -0.2) is 45.4 Å². The Bertz CT molecular complexity index is 1390. The van der Waals surface area contributed by atoms with Gasteiger partial charge in [0.05, 0.1) is 17.0 Å². The number of nitrogens with zero attached hydrogens (tertiary/aromatic N) is 3. The molecular weight excluding hydrogens is 474 g/mol. The standard InChI is InChI=1S/C28H27N3O6/c1-27(2,3)36-25(34)31(26(35)37-28(4,5)6)24-29-21(17-10-8-7-9-11-17)20-22(30-24)19-14-16(15-32)12-13-18(19)23(20)33/h7-15H,1-6H3. The van der Waals surface area contributed by atoms with Crippen LogP contribution >= 0.6 is 0 Å². The average molecular weight is 502 g/mol. The van der Waals surface area contributed by atoms with Crippen LogP contribution in [0.5, 0.6) is 0 Å². The second kappa shape index (κ2) is 9.24. The molecule has 0 atom stereocenters. The van der Waals surface area contributed by atoms with Crippen molar-refractivity contribution in [2.24, 2.45) is 0 Å². The number of hydrogen-bond donors (Lipinski definition) is 0. The maximum absolute atomic E-state index is 13.4. The van der Waals surface area contributed by atoms with E-state index in [1.165, 1.54) is 0 Å². The smallest absolute Gasteiger partial charge is 0.427 e. The molecule has 9 heteroatoms. The van der Waals surface area contributed by atoms with E-state index >= 15 is 0 Å². The van der Waals surface area contributed by atoms with Crippen molar-refractivity contribution in [3.63, 3.8) is 0 Å². The van der Waals surface area contributed by atoms with Crippen LogP contribution in [-0.2, 0) is 9.47 Å². The summed E-state index contributed by atoms with van der Waals surface area (Å²) in [5, 5.41) is 0. The molecule has 0 spiro atoms. The maximum Gasteiger partial charge on any atom is 0.427 e. The highest BCUT2D eigenvalue weighted by atomic mass is 16.6. The van der Waals surface area contributed by atoms with Crippen LogP contribution in [0.3, 0.4) is 0 Å². The summed E-state index contributed by atoms with van der Waals surface area (Å²) in [6.07, 6.45) is -1.41. The summed E-state index contributed by atoms with van der Waals surface area (Å²) in [5.74, 6) is -0.646. The van der Waals surface area contributed by atoms with Crippen molar-refractivity contribution in [3.8, 4) is 22.5 Å². The lowest BCUT2D eigenvalue weighted by atomic mass is 10.0. The lowest BCUT2D eigenvalue weighted by molar-refractivity contribution is 0.0427. The number of anilines is 1. The average Bonchev–Trinajstić information content (AvgIpc) is 3.08. The van der Waals surface area contributed by atoms with E-state index in [4.69, 9.17) is 9.47 Å². The highest BCUT2D eigenvalue weighted by Gasteiger charge is 2.39. The molecule has 2 aromatic carbocycles. The number of benzene rings is 2. The second-order valence-corrected chi connectivity index (χ2v) is 10.5. The first-order valence-electron chi connectivity index (χ1n) is 11.7. The summed E-state index contributed by atoms with van der Waals surface area (Å²) in [4.78, 5) is 61.0. The molecule has 1 aliphatic rings. The number of ether oxygens (including phenoxy) is 2. The van der Waals surface area contributed by atoms with Gasteiger partial charge in [-0.1, -0.05) is 36.4 Å². The molecule has 0 fully saturated rings. The Kier molecular flexibility index (Phi) is 6.41. The van der Waals surface area contributed by atoms with E-state index in [1.807, 2.05) is 6.07 Å². The lowest BCUT2D eigenvalue weighted by Crippen LogP contribution is -2.44. The molecule has 0 saturated heterocycles. The van der Waals surface area contributed by atoms with Crippen LogP contribution in [0.25, 0.3) is 22.5 Å². The minimum atomic E-state index is -1.04. The van der Waals surface area contributed by atoms with E-state index in [-0.39, 0.29) is 28.7 Å². The van der Waals surface area contributed by atoms with Crippen LogP contribution in [0.4, 0.5) is 15.5 Å². The molecule has 1 aromatic heterocycles. The van der Waals surface area contributed by atoms with Crippen molar-refractivity contribution in [2.45, 2.75) is 52.7 Å². The molecule has 0 aliphatic heterocycles. The van der Waals surface area contributed by atoms with Crippen molar-refractivity contribution in [1.82, 2.24) is 9.97 Å². The number of hydrogen-bond acceptors (Lipinski definition) is 8. The molecular formula is C28H27N3O6. The van der Waals surface area contributed by atoms with E-state index in [2.05, 4.69) is 9.97 Å². The molecule has 0 radical (unpaired) electrons. The summed E-state index contributed by atoms with van der Waals surface area (Å²) in [6.45, 7) is 9.96. The van der Waals surface area contributed by atoms with E-state index in [9.17, 15) is 19.2 Å². The van der Waals surface area contributed by atoms with Gasteiger partial charge in [0.15, 0.2) is 5.78 Å². The van der Waals surface area contributed by atoms with Crippen LogP contribution < -0.4 is 4.90 Å². The fourth-order valence-corrected chi connectivity index (χ4v) is 3.78. The third kappa shape index (κ3) is 5.25. The number of fused-ring (bicyclic) bond motifs is 3. The Morgan fingerprint density at radius 2 is 1.38 bits per heavy atom. The minimum Gasteiger partial charge on any atom is -0.443 e. The van der Waals surface area contributed by atoms with Gasteiger partial charge in [-0.2, -0.15) is 0 Å². The first-order chi connectivity index (χ1) is 17.3. The van der Waals surface area contributed by atoms with Gasteiger partial charge in [0.1, 0.15) is 17.5 Å². The van der Waals surface area contributed by atoms with Gasteiger partial charge < -0.3 is 9.47 Å². The van der Waals surface area contributed by atoms with Crippen molar-refractivity contribution < 1.29 is 28.7 Å². The Morgan fingerprint density at radius 1 is 0.811 bits per heavy atom. The van der Waals surface area contributed by atoms with Crippen molar-refractivity contribution >= 4 is 30.2 Å². The molecule has 37 heavy (non-hydrogen) atoms. The molecule has 0 unspecified atom stereocenters. The molecule has 9 nitrogen and oxygen atoms in total. The highest BCUT2D eigenvalue weighted by molar-refractivity contribution is 6.24. The summed E-state index contributed by atoms with van der Waals surface area (Å²) in [5.41, 5.74) is 0.432. The number of carbonyl (C=O) groups is 4. The number of aldehydes is 1. The number of aromatic nitrogens is 2. The van der Waals surface area contributed by atoms with Gasteiger partial charge >= 0.3 is 12.2 Å². The van der Waals surface area contributed by atoms with Crippen LogP contribution in [0.15, 0.2) is 48.5 Å². The van der Waals surface area contributed by atoms with Crippen LogP contribution in [0.2, 0.25) is 0 Å². The fraction of sp³-hybridized carbons (Fsp3) is 0.286. The van der Waals surface area contributed by atoms with Crippen molar-refractivity contribution in [1.29, 1.82) is 0 Å². The number of imide groups is 1. The number of carbonyl (C=O) groups excluding carboxylic acids is 4. The molecule has 4 rings (SSSR count). The molecule has 3 aromatic rings. The molecule has 0 saturated carbocycles. The van der Waals surface area contributed by atoms with Crippen molar-refractivity contribution in [2.75, 3.05) is 4.90 Å². The summed E-state index contributed by atoms with van der Waals surface area (Å²) in [7, 11) is 0. The molecule has 1 aliphatic carbocycles. The quantitative estimate of drug-likeness (QED) is 0.321. The van der Waals surface area contributed by atoms with Gasteiger partial charge in [-0.15, -0.1) is 4.90 Å².